The van der Waals surface area contributed by atoms with Crippen LogP contribution in [-0.2, 0) is 4.79 Å². The van der Waals surface area contributed by atoms with Crippen molar-refractivity contribution in [2.24, 2.45) is 0 Å². The van der Waals surface area contributed by atoms with Gasteiger partial charge in [-0.05, 0) is 50.2 Å². The number of carbonyl (C=O) groups is 1. The fraction of sp³-hybridized carbons (Fsp3) is 0.158. The summed E-state index contributed by atoms with van der Waals surface area (Å²) in [5.41, 5.74) is 2.18. The molecule has 3 aromatic rings. The minimum absolute atomic E-state index is 0.242. The van der Waals surface area contributed by atoms with Crippen LogP contribution in [0.1, 0.15) is 11.4 Å². The van der Waals surface area contributed by atoms with Crippen LogP contribution in [0.3, 0.4) is 0 Å². The molecule has 2 aromatic carbocycles. The minimum atomic E-state index is -0.514. The number of nitrogens with zero attached hydrogens (tertiary/aromatic N) is 2. The van der Waals surface area contributed by atoms with E-state index in [0.717, 1.165) is 11.4 Å². The molecule has 0 spiro atoms. The molecule has 0 saturated carbocycles. The number of aromatic nitrogens is 2. The van der Waals surface area contributed by atoms with Crippen molar-refractivity contribution in [3.63, 3.8) is 0 Å². The summed E-state index contributed by atoms with van der Waals surface area (Å²) in [4.78, 5) is 11.9. The topological polar surface area (TPSA) is 56.2 Å². The Morgan fingerprint density at radius 3 is 2.62 bits per heavy atom. The summed E-state index contributed by atoms with van der Waals surface area (Å²) >= 11 is 0. The Balaban J connectivity index is 1.66. The van der Waals surface area contributed by atoms with Crippen LogP contribution in [0, 0.1) is 25.5 Å². The number of benzene rings is 2. The normalized spacial score (nSPS) is 10.6. The lowest BCUT2D eigenvalue weighted by Gasteiger charge is -2.10. The second-order valence-corrected chi connectivity index (χ2v) is 5.80. The molecule has 1 heterocycles. The van der Waals surface area contributed by atoms with Gasteiger partial charge >= 0.3 is 0 Å². The van der Waals surface area contributed by atoms with Gasteiger partial charge in [-0.25, -0.2) is 13.5 Å². The fourth-order valence-electron chi connectivity index (χ4n) is 2.53. The highest BCUT2D eigenvalue weighted by Crippen LogP contribution is 2.20. The lowest BCUT2D eigenvalue weighted by Crippen LogP contribution is -2.20. The molecular weight excluding hydrogens is 340 g/mol. The van der Waals surface area contributed by atoms with Crippen molar-refractivity contribution in [3.05, 3.63) is 71.6 Å². The van der Waals surface area contributed by atoms with Gasteiger partial charge in [-0.2, -0.15) is 5.10 Å². The zero-order chi connectivity index (χ0) is 18.7. The summed E-state index contributed by atoms with van der Waals surface area (Å²) in [5, 5.41) is 6.78. The zero-order valence-electron chi connectivity index (χ0n) is 14.3. The van der Waals surface area contributed by atoms with Crippen molar-refractivity contribution in [2.75, 3.05) is 11.9 Å². The van der Waals surface area contributed by atoms with Crippen molar-refractivity contribution in [1.82, 2.24) is 9.78 Å². The first-order chi connectivity index (χ1) is 12.4. The number of hydrogen-bond donors (Lipinski definition) is 1. The lowest BCUT2D eigenvalue weighted by molar-refractivity contribution is -0.118. The molecule has 5 nitrogen and oxygen atoms in total. The van der Waals surface area contributed by atoms with Crippen molar-refractivity contribution in [2.45, 2.75) is 13.8 Å². The highest BCUT2D eigenvalue weighted by atomic mass is 19.1. The average molecular weight is 357 g/mol. The molecule has 0 saturated heterocycles. The Kier molecular flexibility index (Phi) is 4.97. The molecule has 0 radical (unpaired) electrons. The quantitative estimate of drug-likeness (QED) is 0.756. The Bertz CT molecular complexity index is 954. The van der Waals surface area contributed by atoms with Crippen molar-refractivity contribution in [3.8, 4) is 11.4 Å². The van der Waals surface area contributed by atoms with Gasteiger partial charge in [-0.1, -0.05) is 6.07 Å². The van der Waals surface area contributed by atoms with E-state index in [1.165, 1.54) is 35.0 Å². The third kappa shape index (κ3) is 4.05. The molecule has 1 N–H and O–H groups in total. The first kappa shape index (κ1) is 17.6. The number of halogens is 2. The van der Waals surface area contributed by atoms with E-state index in [2.05, 4.69) is 10.4 Å². The molecule has 0 aliphatic rings. The summed E-state index contributed by atoms with van der Waals surface area (Å²) in [6, 6.07) is 11.7. The predicted molar refractivity (Wildman–Crippen MR) is 93.5 cm³/mol. The molecular formula is C19H17F2N3O2. The molecule has 26 heavy (non-hydrogen) atoms. The molecule has 1 amide bonds. The van der Waals surface area contributed by atoms with Gasteiger partial charge < -0.3 is 10.1 Å². The van der Waals surface area contributed by atoms with E-state index >= 15 is 0 Å². The molecule has 0 atom stereocenters. The van der Waals surface area contributed by atoms with Gasteiger partial charge in [-0.15, -0.1) is 0 Å². The van der Waals surface area contributed by atoms with E-state index in [1.54, 1.807) is 12.1 Å². The minimum Gasteiger partial charge on any atom is -0.484 e. The predicted octanol–water partition coefficient (Wildman–Crippen LogP) is 3.78. The van der Waals surface area contributed by atoms with E-state index in [9.17, 15) is 13.6 Å². The van der Waals surface area contributed by atoms with Gasteiger partial charge in [0.15, 0.2) is 12.4 Å². The van der Waals surface area contributed by atoms with Gasteiger partial charge in [-0.3, -0.25) is 4.79 Å². The lowest BCUT2D eigenvalue weighted by atomic mass is 10.2. The van der Waals surface area contributed by atoms with E-state index in [0.29, 0.717) is 11.4 Å². The van der Waals surface area contributed by atoms with Gasteiger partial charge in [0.2, 0.25) is 0 Å². The summed E-state index contributed by atoms with van der Waals surface area (Å²) in [6.07, 6.45) is 0. The van der Waals surface area contributed by atoms with Gasteiger partial charge in [0.1, 0.15) is 17.3 Å². The summed E-state index contributed by atoms with van der Waals surface area (Å²) in [6.45, 7) is 3.35. The first-order valence-corrected chi connectivity index (χ1v) is 7.94. The van der Waals surface area contributed by atoms with Crippen LogP contribution < -0.4 is 10.1 Å². The number of ether oxygens (including phenoxy) is 1. The molecule has 3 rings (SSSR count). The Hall–Kier alpha value is -3.22. The largest absolute Gasteiger partial charge is 0.484 e. The van der Waals surface area contributed by atoms with Crippen LogP contribution in [-0.4, -0.2) is 22.3 Å². The van der Waals surface area contributed by atoms with Crippen molar-refractivity contribution < 1.29 is 18.3 Å². The molecule has 0 aliphatic heterocycles. The number of hydrogen-bond acceptors (Lipinski definition) is 3. The Morgan fingerprint density at radius 2 is 1.96 bits per heavy atom. The highest BCUT2D eigenvalue weighted by molar-refractivity contribution is 5.92. The Morgan fingerprint density at radius 1 is 1.15 bits per heavy atom. The second kappa shape index (κ2) is 7.35. The maximum atomic E-state index is 14.4. The second-order valence-electron chi connectivity index (χ2n) is 5.80. The molecule has 7 heteroatoms. The fourth-order valence-corrected chi connectivity index (χ4v) is 2.53. The zero-order valence-corrected chi connectivity index (χ0v) is 14.3. The van der Waals surface area contributed by atoms with Crippen LogP contribution >= 0.6 is 0 Å². The number of carbonyl (C=O) groups excluding carboxylic acids is 1. The maximum Gasteiger partial charge on any atom is 0.262 e. The maximum absolute atomic E-state index is 14.4. The summed E-state index contributed by atoms with van der Waals surface area (Å²) in [7, 11) is 0. The SMILES string of the molecule is Cc1cc(C)n(-c2ccc(NC(=O)COc3cccc(F)c3)cc2F)n1. The summed E-state index contributed by atoms with van der Waals surface area (Å²) in [5.74, 6) is -1.21. The smallest absolute Gasteiger partial charge is 0.262 e. The third-order valence-corrected chi connectivity index (χ3v) is 3.64. The molecule has 0 aliphatic carbocycles. The first-order valence-electron chi connectivity index (χ1n) is 7.94. The van der Waals surface area contributed by atoms with Crippen LogP contribution in [0.2, 0.25) is 0 Å². The molecule has 0 bridgehead atoms. The van der Waals surface area contributed by atoms with Crippen LogP contribution in [0.4, 0.5) is 14.5 Å². The molecule has 1 aromatic heterocycles. The van der Waals surface area contributed by atoms with Crippen molar-refractivity contribution >= 4 is 11.6 Å². The molecule has 0 fully saturated rings. The third-order valence-electron chi connectivity index (χ3n) is 3.64. The van der Waals surface area contributed by atoms with Crippen molar-refractivity contribution in [1.29, 1.82) is 0 Å². The number of aryl methyl sites for hydroxylation is 2. The van der Waals surface area contributed by atoms with Gasteiger partial charge in [0.25, 0.3) is 5.91 Å². The molecule has 0 unspecified atom stereocenters. The van der Waals surface area contributed by atoms with Crippen LogP contribution in [0.25, 0.3) is 5.69 Å². The van der Waals surface area contributed by atoms with Crippen LogP contribution in [0.5, 0.6) is 5.75 Å². The number of amides is 1. The van der Waals surface area contributed by atoms with E-state index in [-0.39, 0.29) is 12.4 Å². The summed E-state index contributed by atoms with van der Waals surface area (Å²) < 4.78 is 34.2. The number of anilines is 1. The monoisotopic (exact) mass is 357 g/mol. The van der Waals surface area contributed by atoms with Gasteiger partial charge in [0, 0.05) is 17.4 Å². The van der Waals surface area contributed by atoms with E-state index in [4.69, 9.17) is 4.74 Å². The molecule has 134 valence electrons. The van der Waals surface area contributed by atoms with E-state index < -0.39 is 17.5 Å². The van der Waals surface area contributed by atoms with Crippen LogP contribution in [0.15, 0.2) is 48.5 Å². The number of nitrogens with one attached hydrogen (secondary N) is 1. The highest BCUT2D eigenvalue weighted by Gasteiger charge is 2.11. The average Bonchev–Trinajstić information content (AvgIpc) is 2.91. The number of rotatable bonds is 5. The Labute approximate surface area is 149 Å². The van der Waals surface area contributed by atoms with Gasteiger partial charge in [0.05, 0.1) is 5.69 Å². The van der Waals surface area contributed by atoms with E-state index in [1.807, 2.05) is 19.9 Å². The standard InChI is InChI=1S/C19H17F2N3O2/c1-12-8-13(2)24(23-12)18-7-6-15(10-17(18)21)22-19(25)11-26-16-5-3-4-14(20)9-16/h3-10H,11H2,1-2H3,(H,22,25).